The molecule has 0 amide bonds. The molecular formula is C78H152O17P2. The van der Waals surface area contributed by atoms with E-state index >= 15 is 0 Å². The Morgan fingerprint density at radius 1 is 0.278 bits per heavy atom. The summed E-state index contributed by atoms with van der Waals surface area (Å²) >= 11 is 0. The van der Waals surface area contributed by atoms with Crippen LogP contribution in [0.4, 0.5) is 0 Å². The summed E-state index contributed by atoms with van der Waals surface area (Å²) in [6, 6.07) is 0. The largest absolute Gasteiger partial charge is 0.472 e. The van der Waals surface area contributed by atoms with Gasteiger partial charge >= 0.3 is 39.5 Å². The second kappa shape index (κ2) is 69.8. The smallest absolute Gasteiger partial charge is 0.462 e. The highest BCUT2D eigenvalue weighted by Crippen LogP contribution is 2.45. The van der Waals surface area contributed by atoms with E-state index in [0.29, 0.717) is 25.7 Å². The maximum atomic E-state index is 13.1. The van der Waals surface area contributed by atoms with Gasteiger partial charge in [-0.15, -0.1) is 0 Å². The van der Waals surface area contributed by atoms with Gasteiger partial charge in [0.15, 0.2) is 12.2 Å². The van der Waals surface area contributed by atoms with Gasteiger partial charge in [-0.2, -0.15) is 0 Å². The molecule has 0 rings (SSSR count). The fourth-order valence-electron chi connectivity index (χ4n) is 12.0. The third-order valence-corrected chi connectivity index (χ3v) is 20.1. The molecule has 3 N–H and O–H groups in total. The van der Waals surface area contributed by atoms with Crippen molar-refractivity contribution in [1.82, 2.24) is 0 Å². The summed E-state index contributed by atoms with van der Waals surface area (Å²) in [4.78, 5) is 72.8. The normalized spacial score (nSPS) is 14.0. The first-order valence-electron chi connectivity index (χ1n) is 40.5. The predicted octanol–water partition coefficient (Wildman–Crippen LogP) is 23.1. The average Bonchev–Trinajstić information content (AvgIpc) is 2.17. The van der Waals surface area contributed by atoms with Crippen LogP contribution in [-0.2, 0) is 65.4 Å². The fourth-order valence-corrected chi connectivity index (χ4v) is 13.6. The van der Waals surface area contributed by atoms with Gasteiger partial charge < -0.3 is 33.8 Å². The standard InChI is InChI=1S/C78H152O17P2/c1-7-9-11-13-15-17-18-19-21-27-33-38-44-50-56-62-77(82)94-73(66-88-75(80)60-54-48-42-16-14-12-10-8-2)68-92-96(84,85)90-64-72(79)65-91-97(86,87)93-69-74(67-89-76(81)61-55-49-43-37-32-29-24-26-31-36-41-47-53-59-71(5)6)95-78(83)63-57-51-45-39-34-28-23-20-22-25-30-35-40-46-52-58-70(3)4/h70-74,79H,7-69H2,1-6H3,(H,84,85)(H,86,87)/t72-,73+,74+/m0/s1. The average molecular weight is 1420 g/mol. The highest BCUT2D eigenvalue weighted by molar-refractivity contribution is 7.47. The Morgan fingerprint density at radius 3 is 0.701 bits per heavy atom. The maximum Gasteiger partial charge on any atom is 0.472 e. The lowest BCUT2D eigenvalue weighted by atomic mass is 10.0. The fraction of sp³-hybridized carbons (Fsp3) is 0.949. The van der Waals surface area contributed by atoms with E-state index in [1.807, 2.05) is 0 Å². The Hall–Kier alpha value is -1.94. The molecule has 0 aliphatic heterocycles. The number of hydrogen-bond donors (Lipinski definition) is 3. The summed E-state index contributed by atoms with van der Waals surface area (Å²) in [6.45, 7) is 9.64. The lowest BCUT2D eigenvalue weighted by Gasteiger charge is -2.21. The molecule has 0 spiro atoms. The SMILES string of the molecule is CCCCCCCCCCCCCCCCCC(=O)O[C@H](COC(=O)CCCCCCCCCC)COP(=O)(O)OC[C@H](O)COP(=O)(O)OC[C@@H](COC(=O)CCCCCCCCCCCCCCCC(C)C)OC(=O)CCCCCCCCCCCCCCCCCC(C)C. The molecule has 19 heteroatoms. The van der Waals surface area contributed by atoms with Gasteiger partial charge in [-0.25, -0.2) is 9.13 Å². The van der Waals surface area contributed by atoms with Crippen LogP contribution in [0.1, 0.15) is 408 Å². The molecule has 97 heavy (non-hydrogen) atoms. The van der Waals surface area contributed by atoms with Gasteiger partial charge in [0.1, 0.15) is 19.3 Å². The molecule has 0 bridgehead atoms. The van der Waals surface area contributed by atoms with Crippen molar-refractivity contribution in [2.24, 2.45) is 11.8 Å². The predicted molar refractivity (Wildman–Crippen MR) is 395 cm³/mol. The number of ether oxygens (including phenoxy) is 4. The number of rotatable bonds is 77. The van der Waals surface area contributed by atoms with Crippen molar-refractivity contribution in [3.8, 4) is 0 Å². The number of phosphoric ester groups is 2. The third-order valence-electron chi connectivity index (χ3n) is 18.2. The molecular weight excluding hydrogens is 1270 g/mol. The molecule has 0 aromatic rings. The van der Waals surface area contributed by atoms with E-state index < -0.39 is 97.5 Å². The number of esters is 4. The number of aliphatic hydroxyl groups excluding tert-OH is 1. The van der Waals surface area contributed by atoms with Crippen LogP contribution in [-0.4, -0.2) is 96.7 Å². The van der Waals surface area contributed by atoms with Crippen molar-refractivity contribution < 1.29 is 80.2 Å². The van der Waals surface area contributed by atoms with Crippen molar-refractivity contribution >= 4 is 39.5 Å². The number of aliphatic hydroxyl groups is 1. The number of phosphoric acid groups is 2. The van der Waals surface area contributed by atoms with Crippen molar-refractivity contribution in [3.05, 3.63) is 0 Å². The van der Waals surface area contributed by atoms with Gasteiger partial charge in [0.25, 0.3) is 0 Å². The van der Waals surface area contributed by atoms with Crippen LogP contribution in [0, 0.1) is 11.8 Å². The van der Waals surface area contributed by atoms with Crippen LogP contribution in [0.5, 0.6) is 0 Å². The number of hydrogen-bond acceptors (Lipinski definition) is 15. The second-order valence-electron chi connectivity index (χ2n) is 29.1. The Bertz CT molecular complexity index is 1870. The van der Waals surface area contributed by atoms with Gasteiger partial charge in [0.2, 0.25) is 0 Å². The van der Waals surface area contributed by atoms with Crippen LogP contribution in [0.25, 0.3) is 0 Å². The van der Waals surface area contributed by atoms with E-state index in [2.05, 4.69) is 41.5 Å². The summed E-state index contributed by atoms with van der Waals surface area (Å²) in [5, 5.41) is 10.6. The minimum absolute atomic E-state index is 0.108. The Balaban J connectivity index is 5.21. The summed E-state index contributed by atoms with van der Waals surface area (Å²) in [5.41, 5.74) is 0. The maximum absolute atomic E-state index is 13.1. The topological polar surface area (TPSA) is 237 Å². The van der Waals surface area contributed by atoms with Gasteiger partial charge in [0, 0.05) is 25.7 Å². The van der Waals surface area contributed by atoms with E-state index in [1.165, 1.54) is 218 Å². The van der Waals surface area contributed by atoms with Crippen molar-refractivity contribution in [1.29, 1.82) is 0 Å². The quantitative estimate of drug-likeness (QED) is 0.0222. The molecule has 0 radical (unpaired) electrons. The summed E-state index contributed by atoms with van der Waals surface area (Å²) in [7, 11) is -9.91. The first kappa shape index (κ1) is 95.1. The molecule has 0 saturated carbocycles. The third kappa shape index (κ3) is 72.2. The van der Waals surface area contributed by atoms with Crippen LogP contribution in [0.15, 0.2) is 0 Å². The van der Waals surface area contributed by atoms with Crippen molar-refractivity contribution in [2.45, 2.75) is 426 Å². The van der Waals surface area contributed by atoms with E-state index in [0.717, 1.165) is 108 Å². The molecule has 0 aromatic heterocycles. The summed E-state index contributed by atoms with van der Waals surface area (Å²) < 4.78 is 68.6. The highest BCUT2D eigenvalue weighted by Gasteiger charge is 2.30. The molecule has 0 saturated heterocycles. The first-order chi connectivity index (χ1) is 46.9. The van der Waals surface area contributed by atoms with E-state index in [1.54, 1.807) is 0 Å². The van der Waals surface area contributed by atoms with Gasteiger partial charge in [-0.3, -0.25) is 37.3 Å². The van der Waals surface area contributed by atoms with Crippen LogP contribution < -0.4 is 0 Å². The van der Waals surface area contributed by atoms with Gasteiger partial charge in [-0.1, -0.05) is 356 Å². The van der Waals surface area contributed by atoms with E-state index in [-0.39, 0.29) is 25.7 Å². The number of unbranched alkanes of at least 4 members (excludes halogenated alkanes) is 47. The van der Waals surface area contributed by atoms with Crippen molar-refractivity contribution in [2.75, 3.05) is 39.6 Å². The van der Waals surface area contributed by atoms with Gasteiger partial charge in [-0.05, 0) is 37.5 Å². The van der Waals surface area contributed by atoms with Gasteiger partial charge in [0.05, 0.1) is 26.4 Å². The molecule has 0 heterocycles. The molecule has 576 valence electrons. The highest BCUT2D eigenvalue weighted by atomic mass is 31.2. The lowest BCUT2D eigenvalue weighted by Crippen LogP contribution is -2.30. The zero-order valence-electron chi connectivity index (χ0n) is 63.4. The van der Waals surface area contributed by atoms with Crippen LogP contribution >= 0.6 is 15.6 Å². The summed E-state index contributed by atoms with van der Waals surface area (Å²) in [6.07, 6.45) is 58.2. The molecule has 17 nitrogen and oxygen atoms in total. The summed E-state index contributed by atoms with van der Waals surface area (Å²) in [5.74, 6) is -0.520. The molecule has 0 fully saturated rings. The van der Waals surface area contributed by atoms with E-state index in [4.69, 9.17) is 37.0 Å². The van der Waals surface area contributed by atoms with Crippen LogP contribution in [0.2, 0.25) is 0 Å². The molecule has 2 unspecified atom stereocenters. The minimum Gasteiger partial charge on any atom is -0.462 e. The Labute approximate surface area is 594 Å². The first-order valence-corrected chi connectivity index (χ1v) is 43.5. The molecule has 0 aliphatic carbocycles. The molecule has 5 atom stereocenters. The van der Waals surface area contributed by atoms with E-state index in [9.17, 15) is 43.2 Å². The van der Waals surface area contributed by atoms with Crippen LogP contribution in [0.3, 0.4) is 0 Å². The molecule has 0 aliphatic rings. The molecule has 0 aromatic carbocycles. The lowest BCUT2D eigenvalue weighted by molar-refractivity contribution is -0.161. The monoisotopic (exact) mass is 1420 g/mol. The minimum atomic E-state index is -4.96. The zero-order valence-corrected chi connectivity index (χ0v) is 65.2. The number of carbonyl (C=O) groups excluding carboxylic acids is 4. The Kier molecular flexibility index (Phi) is 68.4. The van der Waals surface area contributed by atoms with Crippen molar-refractivity contribution in [3.63, 3.8) is 0 Å². The number of carbonyl (C=O) groups is 4. The second-order valence-corrected chi connectivity index (χ2v) is 32.0. The Morgan fingerprint density at radius 2 is 0.474 bits per heavy atom. The zero-order chi connectivity index (χ0) is 71.4.